The Kier molecular flexibility index (Phi) is 15.2. The zero-order valence-corrected chi connectivity index (χ0v) is 34.1. The highest BCUT2D eigenvalue weighted by Gasteiger charge is 2.43. The molecule has 0 saturated carbocycles. The fraction of sp³-hybridized carbons (Fsp3) is 0.548. The normalized spacial score (nSPS) is 16.5. The van der Waals surface area contributed by atoms with Crippen LogP contribution in [0.3, 0.4) is 0 Å². The summed E-state index contributed by atoms with van der Waals surface area (Å²) in [5, 5.41) is 6.52. The number of hydrogen-bond donors (Lipinski definition) is 2. The third-order valence-corrected chi connectivity index (χ3v) is 10.3. The molecule has 1 aliphatic heterocycles. The highest BCUT2D eigenvalue weighted by atomic mass is 32.1. The Hall–Kier alpha value is -4.29. The van der Waals surface area contributed by atoms with E-state index in [1.54, 1.807) is 45.4 Å². The topological polar surface area (TPSA) is 130 Å². The first-order chi connectivity index (χ1) is 25.5. The maximum atomic E-state index is 14.3. The third kappa shape index (κ3) is 12.7. The highest BCUT2D eigenvalue weighted by Crippen LogP contribution is 2.29. The van der Waals surface area contributed by atoms with Crippen molar-refractivity contribution in [2.24, 2.45) is 11.3 Å². The van der Waals surface area contributed by atoms with Crippen molar-refractivity contribution in [3.8, 4) is 10.4 Å². The summed E-state index contributed by atoms with van der Waals surface area (Å²) in [6, 6.07) is 15.9. The molecule has 2 N–H and O–H groups in total. The summed E-state index contributed by atoms with van der Waals surface area (Å²) >= 11 is 1.61. The van der Waals surface area contributed by atoms with Gasteiger partial charge < -0.3 is 29.9 Å². The van der Waals surface area contributed by atoms with Gasteiger partial charge in [-0.1, -0.05) is 70.2 Å². The van der Waals surface area contributed by atoms with Crippen LogP contribution in [0.2, 0.25) is 0 Å². The molecule has 0 aliphatic carbocycles. The number of aromatic nitrogens is 1. The standard InChI is InChI=1S/C42H59N5O6S/c1-29-25-34(37(48)44-26-31-17-19-32(20-18-31)35-30(2)45-28-54-35)47(27-29)38(49)36(41(3,4)5)43-21-23-46(40(51)53-42(6,7)8)22-13-10-14-24-52-39(50)33-15-11-9-12-16-33/h9,11-12,15-20,28-29,34,36,43H,10,13-14,21-27H2,1-8H3,(H,44,48)/t29-,34+,36-/m1/s1. The molecule has 1 aromatic heterocycles. The van der Waals surface area contributed by atoms with Crippen molar-refractivity contribution in [3.05, 3.63) is 76.9 Å². The Morgan fingerprint density at radius 3 is 2.30 bits per heavy atom. The average Bonchev–Trinajstić information content (AvgIpc) is 3.73. The van der Waals surface area contributed by atoms with Gasteiger partial charge in [-0.25, -0.2) is 14.6 Å². The minimum Gasteiger partial charge on any atom is -0.462 e. The summed E-state index contributed by atoms with van der Waals surface area (Å²) in [6.07, 6.45) is 2.30. The molecule has 0 radical (unpaired) electrons. The van der Waals surface area contributed by atoms with Crippen molar-refractivity contribution >= 4 is 35.2 Å². The molecular formula is C42H59N5O6S. The van der Waals surface area contributed by atoms with Crippen LogP contribution in [0.1, 0.15) is 95.8 Å². The molecule has 4 rings (SSSR count). The number of carbonyl (C=O) groups is 4. The molecule has 294 valence electrons. The first kappa shape index (κ1) is 42.5. The number of amides is 3. The van der Waals surface area contributed by atoms with Crippen LogP contribution in [-0.4, -0.2) is 89.1 Å². The smallest absolute Gasteiger partial charge is 0.410 e. The lowest BCUT2D eigenvalue weighted by Crippen LogP contribution is -2.57. The summed E-state index contributed by atoms with van der Waals surface area (Å²) in [4.78, 5) is 62.2. The van der Waals surface area contributed by atoms with E-state index >= 15 is 0 Å². The fourth-order valence-electron chi connectivity index (χ4n) is 6.50. The summed E-state index contributed by atoms with van der Waals surface area (Å²) in [5.74, 6) is -0.449. The Labute approximate surface area is 325 Å². The lowest BCUT2D eigenvalue weighted by molar-refractivity contribution is -0.142. The summed E-state index contributed by atoms with van der Waals surface area (Å²) in [6.45, 7) is 17.9. The van der Waals surface area contributed by atoms with Crippen LogP contribution < -0.4 is 10.6 Å². The molecule has 3 amide bonds. The summed E-state index contributed by atoms with van der Waals surface area (Å²) in [5.41, 5.74) is 4.31. The second-order valence-electron chi connectivity index (χ2n) is 16.3. The van der Waals surface area contributed by atoms with E-state index in [9.17, 15) is 19.2 Å². The Morgan fingerprint density at radius 2 is 1.67 bits per heavy atom. The van der Waals surface area contributed by atoms with E-state index in [0.29, 0.717) is 64.2 Å². The molecule has 0 bridgehead atoms. The molecule has 2 aromatic carbocycles. The molecule has 12 heteroatoms. The first-order valence-electron chi connectivity index (χ1n) is 19.0. The van der Waals surface area contributed by atoms with Crippen LogP contribution in [0.15, 0.2) is 60.1 Å². The zero-order chi connectivity index (χ0) is 39.5. The van der Waals surface area contributed by atoms with Gasteiger partial charge in [-0.05, 0) is 88.0 Å². The minimum absolute atomic E-state index is 0.120. The Balaban J connectivity index is 1.31. The third-order valence-electron chi connectivity index (χ3n) is 9.33. The fourth-order valence-corrected chi connectivity index (χ4v) is 7.31. The lowest BCUT2D eigenvalue weighted by Gasteiger charge is -2.36. The van der Waals surface area contributed by atoms with Crippen molar-refractivity contribution in [2.45, 2.75) is 105 Å². The number of aryl methyl sites for hydroxylation is 1. The number of benzene rings is 2. The van der Waals surface area contributed by atoms with Gasteiger partial charge in [-0.2, -0.15) is 0 Å². The van der Waals surface area contributed by atoms with Gasteiger partial charge >= 0.3 is 12.1 Å². The van der Waals surface area contributed by atoms with Crippen molar-refractivity contribution < 1.29 is 28.7 Å². The van der Waals surface area contributed by atoms with E-state index in [1.165, 1.54) is 0 Å². The molecular weight excluding hydrogens is 703 g/mol. The molecule has 0 spiro atoms. The largest absolute Gasteiger partial charge is 0.462 e. The van der Waals surface area contributed by atoms with E-state index in [-0.39, 0.29) is 23.7 Å². The van der Waals surface area contributed by atoms with E-state index < -0.39 is 29.2 Å². The van der Waals surface area contributed by atoms with E-state index in [2.05, 4.69) is 22.5 Å². The molecule has 3 aromatic rings. The highest BCUT2D eigenvalue weighted by molar-refractivity contribution is 7.13. The Morgan fingerprint density at radius 1 is 0.963 bits per heavy atom. The molecule has 0 unspecified atom stereocenters. The molecule has 1 fully saturated rings. The van der Waals surface area contributed by atoms with Gasteiger partial charge in [0.1, 0.15) is 11.6 Å². The SMILES string of the molecule is Cc1ncsc1-c1ccc(CNC(=O)[C@@H]2C[C@@H](C)CN2C(=O)[C@@H](NCCN(CCCCCOC(=O)c2ccccc2)C(=O)OC(C)(C)C)C(C)(C)C)cc1. The van der Waals surface area contributed by atoms with Crippen molar-refractivity contribution in [1.29, 1.82) is 0 Å². The van der Waals surface area contributed by atoms with Crippen LogP contribution in [0.5, 0.6) is 0 Å². The predicted octanol–water partition coefficient (Wildman–Crippen LogP) is 7.24. The van der Waals surface area contributed by atoms with Gasteiger partial charge in [-0.3, -0.25) is 9.59 Å². The lowest BCUT2D eigenvalue weighted by atomic mass is 9.85. The molecule has 54 heavy (non-hydrogen) atoms. The number of likely N-dealkylation sites (tertiary alicyclic amines) is 1. The summed E-state index contributed by atoms with van der Waals surface area (Å²) < 4.78 is 11.1. The molecule has 11 nitrogen and oxygen atoms in total. The van der Waals surface area contributed by atoms with Crippen LogP contribution in [-0.2, 0) is 25.6 Å². The molecule has 2 heterocycles. The maximum absolute atomic E-state index is 14.3. The maximum Gasteiger partial charge on any atom is 0.410 e. The van der Waals surface area contributed by atoms with Gasteiger partial charge in [0, 0.05) is 32.7 Å². The number of rotatable bonds is 16. The number of unbranched alkanes of at least 4 members (excludes halogenated alkanes) is 2. The number of carbonyl (C=O) groups excluding carboxylic acids is 4. The summed E-state index contributed by atoms with van der Waals surface area (Å²) in [7, 11) is 0. The average molecular weight is 762 g/mol. The van der Waals surface area contributed by atoms with Crippen molar-refractivity contribution in [2.75, 3.05) is 32.8 Å². The van der Waals surface area contributed by atoms with Crippen LogP contribution in [0.4, 0.5) is 4.79 Å². The zero-order valence-electron chi connectivity index (χ0n) is 33.3. The number of ether oxygens (including phenoxy) is 2. The predicted molar refractivity (Wildman–Crippen MR) is 213 cm³/mol. The molecule has 1 saturated heterocycles. The van der Waals surface area contributed by atoms with Crippen LogP contribution in [0, 0.1) is 18.3 Å². The van der Waals surface area contributed by atoms with Crippen LogP contribution in [0.25, 0.3) is 10.4 Å². The number of thiazole rings is 1. The second-order valence-corrected chi connectivity index (χ2v) is 17.2. The second kappa shape index (κ2) is 19.3. The van der Waals surface area contributed by atoms with Gasteiger partial charge in [-0.15, -0.1) is 11.3 Å². The van der Waals surface area contributed by atoms with Crippen molar-refractivity contribution in [1.82, 2.24) is 25.4 Å². The van der Waals surface area contributed by atoms with E-state index in [1.807, 2.05) is 84.3 Å². The number of nitrogens with one attached hydrogen (secondary N) is 2. The quantitative estimate of drug-likeness (QED) is 0.116. The van der Waals surface area contributed by atoms with Gasteiger partial charge in [0.2, 0.25) is 11.8 Å². The van der Waals surface area contributed by atoms with E-state index in [4.69, 9.17) is 9.47 Å². The van der Waals surface area contributed by atoms with Gasteiger partial charge in [0.15, 0.2) is 0 Å². The number of esters is 1. The first-order valence-corrected chi connectivity index (χ1v) is 19.9. The molecule has 1 aliphatic rings. The number of nitrogens with zero attached hydrogens (tertiary/aromatic N) is 3. The Bertz CT molecular complexity index is 1680. The minimum atomic E-state index is -0.662. The van der Waals surface area contributed by atoms with E-state index in [0.717, 1.165) is 28.1 Å². The van der Waals surface area contributed by atoms with Crippen LogP contribution >= 0.6 is 11.3 Å². The monoisotopic (exact) mass is 761 g/mol. The molecule has 3 atom stereocenters. The van der Waals surface area contributed by atoms with Gasteiger partial charge in [0.25, 0.3) is 0 Å². The van der Waals surface area contributed by atoms with Gasteiger partial charge in [0.05, 0.1) is 34.3 Å². The number of hydrogen-bond acceptors (Lipinski definition) is 9. The van der Waals surface area contributed by atoms with Crippen molar-refractivity contribution in [3.63, 3.8) is 0 Å².